The molecule has 0 radical (unpaired) electrons. The number of nitrogens with zero attached hydrogens (tertiary/aromatic N) is 2. The number of piperidine rings is 1. The van der Waals surface area contributed by atoms with Gasteiger partial charge in [0.1, 0.15) is 10.6 Å². The lowest BCUT2D eigenvalue weighted by Crippen LogP contribution is -2.35. The summed E-state index contributed by atoms with van der Waals surface area (Å²) < 4.78 is 33.5. The van der Waals surface area contributed by atoms with Crippen LogP contribution in [0.3, 0.4) is 0 Å². The fraction of sp³-hybridized carbons (Fsp3) is 0.368. The van der Waals surface area contributed by atoms with E-state index in [4.69, 9.17) is 4.74 Å². The molecular formula is C19H23N3O5S2. The zero-order chi connectivity index (χ0) is 20.9. The van der Waals surface area contributed by atoms with Crippen molar-refractivity contribution in [1.82, 2.24) is 4.31 Å². The Kier molecular flexibility index (Phi) is 6.99. The molecule has 1 fully saturated rings. The first-order valence-corrected chi connectivity index (χ1v) is 11.6. The summed E-state index contributed by atoms with van der Waals surface area (Å²) in [5, 5.41) is 14.7. The number of carbonyl (C=O) groups is 1. The van der Waals surface area contributed by atoms with E-state index in [1.54, 1.807) is 24.3 Å². The number of thioether (sulfide) groups is 1. The number of amides is 1. The van der Waals surface area contributed by atoms with Gasteiger partial charge < -0.3 is 15.3 Å². The van der Waals surface area contributed by atoms with Gasteiger partial charge in [-0.05, 0) is 48.9 Å². The third-order valence-corrected chi connectivity index (χ3v) is 7.46. The van der Waals surface area contributed by atoms with Crippen molar-refractivity contribution in [3.8, 4) is 5.75 Å². The zero-order valence-corrected chi connectivity index (χ0v) is 17.7. The first-order chi connectivity index (χ1) is 13.9. The number of benzene rings is 1. The van der Waals surface area contributed by atoms with Crippen molar-refractivity contribution >= 4 is 33.4 Å². The largest absolute Gasteiger partial charge is 0.618 e. The van der Waals surface area contributed by atoms with Crippen LogP contribution in [0.25, 0.3) is 0 Å². The Labute approximate surface area is 174 Å². The second kappa shape index (κ2) is 9.47. The van der Waals surface area contributed by atoms with Crippen LogP contribution in [-0.2, 0) is 14.8 Å². The average Bonchev–Trinajstić information content (AvgIpc) is 2.74. The summed E-state index contributed by atoms with van der Waals surface area (Å²) in [7, 11) is -2.30. The Morgan fingerprint density at radius 1 is 1.24 bits per heavy atom. The molecule has 3 rings (SSSR count). The molecule has 156 valence electrons. The molecule has 0 bridgehead atoms. The summed E-state index contributed by atoms with van der Waals surface area (Å²) in [6.07, 6.45) is 4.03. The fourth-order valence-electron chi connectivity index (χ4n) is 3.06. The molecule has 10 heteroatoms. The van der Waals surface area contributed by atoms with Gasteiger partial charge in [0.15, 0.2) is 6.20 Å². The number of aromatic nitrogens is 1. The maximum absolute atomic E-state index is 13.0. The molecule has 0 aliphatic carbocycles. The lowest BCUT2D eigenvalue weighted by atomic mass is 10.2. The highest BCUT2D eigenvalue weighted by atomic mass is 32.2. The van der Waals surface area contributed by atoms with Gasteiger partial charge in [-0.25, -0.2) is 8.42 Å². The molecule has 2 heterocycles. The van der Waals surface area contributed by atoms with E-state index in [1.807, 2.05) is 0 Å². The number of carbonyl (C=O) groups excluding carboxylic acids is 1. The molecule has 1 aromatic carbocycles. The van der Waals surface area contributed by atoms with E-state index in [-0.39, 0.29) is 22.3 Å². The first kappa shape index (κ1) is 21.4. The van der Waals surface area contributed by atoms with E-state index < -0.39 is 10.0 Å². The summed E-state index contributed by atoms with van der Waals surface area (Å²) >= 11 is 1.10. The smallest absolute Gasteiger partial charge is 0.251 e. The van der Waals surface area contributed by atoms with Crippen LogP contribution in [0.5, 0.6) is 5.75 Å². The predicted molar refractivity (Wildman–Crippen MR) is 110 cm³/mol. The minimum absolute atomic E-state index is 0.0203. The molecule has 0 spiro atoms. The predicted octanol–water partition coefficient (Wildman–Crippen LogP) is 2.23. The molecule has 2 aromatic rings. The summed E-state index contributed by atoms with van der Waals surface area (Å²) in [6.45, 7) is 0.954. The molecule has 0 atom stereocenters. The van der Waals surface area contributed by atoms with Crippen LogP contribution in [0.2, 0.25) is 0 Å². The molecule has 1 N–H and O–H groups in total. The second-order valence-corrected chi connectivity index (χ2v) is 9.43. The molecule has 8 nitrogen and oxygen atoms in total. The number of hydrogen-bond donors (Lipinski definition) is 1. The first-order valence-electron chi connectivity index (χ1n) is 9.21. The molecule has 1 aromatic heterocycles. The molecule has 1 amide bonds. The quantitative estimate of drug-likeness (QED) is 0.405. The average molecular weight is 438 g/mol. The van der Waals surface area contributed by atoms with Crippen LogP contribution in [-0.4, -0.2) is 44.6 Å². The van der Waals surface area contributed by atoms with Gasteiger partial charge in [0, 0.05) is 30.9 Å². The summed E-state index contributed by atoms with van der Waals surface area (Å²) in [5.74, 6) is -0.0862. The topological polar surface area (TPSA) is 103 Å². The molecule has 0 saturated carbocycles. The number of hydrogen-bond acceptors (Lipinski definition) is 6. The Morgan fingerprint density at radius 2 is 2.00 bits per heavy atom. The van der Waals surface area contributed by atoms with Crippen LogP contribution in [0.15, 0.2) is 52.5 Å². The Balaban J connectivity index is 1.74. The van der Waals surface area contributed by atoms with Crippen molar-refractivity contribution in [2.45, 2.75) is 29.2 Å². The van der Waals surface area contributed by atoms with Crippen molar-refractivity contribution in [3.05, 3.63) is 47.8 Å². The number of ether oxygens (including phenoxy) is 1. The van der Waals surface area contributed by atoms with Crippen molar-refractivity contribution in [1.29, 1.82) is 0 Å². The fourth-order valence-corrected chi connectivity index (χ4v) is 5.47. The van der Waals surface area contributed by atoms with Crippen molar-refractivity contribution < 1.29 is 22.7 Å². The highest BCUT2D eigenvalue weighted by Gasteiger charge is 2.29. The van der Waals surface area contributed by atoms with E-state index in [0.29, 0.717) is 28.5 Å². The second-order valence-electron chi connectivity index (χ2n) is 6.53. The van der Waals surface area contributed by atoms with Crippen LogP contribution in [0.4, 0.5) is 5.69 Å². The van der Waals surface area contributed by atoms with Crippen LogP contribution in [0.1, 0.15) is 19.3 Å². The van der Waals surface area contributed by atoms with E-state index >= 15 is 0 Å². The Hall–Kier alpha value is -2.30. The number of sulfonamides is 1. The number of anilines is 1. The maximum atomic E-state index is 13.0. The van der Waals surface area contributed by atoms with E-state index in [1.165, 1.54) is 29.7 Å². The number of pyridine rings is 1. The summed E-state index contributed by atoms with van der Waals surface area (Å²) in [4.78, 5) is 12.3. The van der Waals surface area contributed by atoms with E-state index in [9.17, 15) is 18.4 Å². The van der Waals surface area contributed by atoms with Crippen LogP contribution < -0.4 is 14.8 Å². The van der Waals surface area contributed by atoms with E-state index in [2.05, 4.69) is 5.32 Å². The van der Waals surface area contributed by atoms with E-state index in [0.717, 1.165) is 31.0 Å². The van der Waals surface area contributed by atoms with Crippen molar-refractivity contribution in [2.24, 2.45) is 0 Å². The SMILES string of the molecule is COc1ccc(NC(=O)CSc2cccc[n+]2[O-])cc1S(=O)(=O)N1CCCCC1. The van der Waals surface area contributed by atoms with Gasteiger partial charge in [0.2, 0.25) is 15.9 Å². The minimum Gasteiger partial charge on any atom is -0.618 e. The number of nitrogens with one attached hydrogen (secondary N) is 1. The van der Waals surface area contributed by atoms with Gasteiger partial charge in [-0.2, -0.15) is 9.04 Å². The summed E-state index contributed by atoms with van der Waals surface area (Å²) in [5.41, 5.74) is 0.357. The van der Waals surface area contributed by atoms with Gasteiger partial charge in [0.25, 0.3) is 5.03 Å². The molecule has 1 aliphatic rings. The monoisotopic (exact) mass is 437 g/mol. The Bertz CT molecular complexity index is 976. The van der Waals surface area contributed by atoms with Crippen LogP contribution >= 0.6 is 11.8 Å². The zero-order valence-electron chi connectivity index (χ0n) is 16.0. The Morgan fingerprint density at radius 3 is 2.69 bits per heavy atom. The third-order valence-electron chi connectivity index (χ3n) is 4.52. The van der Waals surface area contributed by atoms with Crippen molar-refractivity contribution in [3.63, 3.8) is 0 Å². The molecular weight excluding hydrogens is 414 g/mol. The standard InChI is InChI=1S/C19H23N3O5S2/c1-27-16-9-8-15(13-17(16)29(25,26)21-10-4-2-5-11-21)20-18(23)14-28-19-7-3-6-12-22(19)24/h3,6-9,12-13H,2,4-5,10-11,14H2,1H3,(H,20,23). The minimum atomic E-state index is -3.72. The van der Waals surface area contributed by atoms with Gasteiger partial charge in [0.05, 0.1) is 12.9 Å². The van der Waals surface area contributed by atoms with Gasteiger partial charge in [-0.15, -0.1) is 0 Å². The molecule has 1 aliphatic heterocycles. The van der Waals surface area contributed by atoms with Gasteiger partial charge in [-0.1, -0.05) is 6.42 Å². The van der Waals surface area contributed by atoms with Crippen LogP contribution in [0, 0.1) is 5.21 Å². The highest BCUT2D eigenvalue weighted by Crippen LogP contribution is 2.31. The maximum Gasteiger partial charge on any atom is 0.251 e. The summed E-state index contributed by atoms with van der Waals surface area (Å²) in [6, 6.07) is 9.49. The molecule has 0 unspecified atom stereocenters. The van der Waals surface area contributed by atoms with Gasteiger partial charge >= 0.3 is 0 Å². The van der Waals surface area contributed by atoms with Gasteiger partial charge in [-0.3, -0.25) is 4.79 Å². The highest BCUT2D eigenvalue weighted by molar-refractivity contribution is 7.99. The number of methoxy groups -OCH3 is 1. The lowest BCUT2D eigenvalue weighted by Gasteiger charge is -2.26. The molecule has 1 saturated heterocycles. The molecule has 29 heavy (non-hydrogen) atoms. The normalized spacial score (nSPS) is 15.1. The lowest BCUT2D eigenvalue weighted by molar-refractivity contribution is -0.645. The third kappa shape index (κ3) is 5.20. The number of rotatable bonds is 7. The van der Waals surface area contributed by atoms with Crippen molar-refractivity contribution in [2.75, 3.05) is 31.3 Å².